The van der Waals surface area contributed by atoms with Crippen LogP contribution in [0.3, 0.4) is 0 Å². The van der Waals surface area contributed by atoms with Crippen LogP contribution in [0.25, 0.3) is 0 Å². The van der Waals surface area contributed by atoms with Crippen molar-refractivity contribution in [2.45, 2.75) is 83.3 Å². The van der Waals surface area contributed by atoms with Crippen LogP contribution in [0, 0.1) is 0 Å². The molecule has 1 aliphatic carbocycles. The molecule has 124 valence electrons. The summed E-state index contributed by atoms with van der Waals surface area (Å²) in [5, 5.41) is 5.74. The van der Waals surface area contributed by atoms with Crippen LogP contribution in [0.15, 0.2) is 0 Å². The lowest BCUT2D eigenvalue weighted by atomic mass is 10.1. The maximum atomic E-state index is 12.3. The van der Waals surface area contributed by atoms with Crippen LogP contribution < -0.4 is 10.6 Å². The monoisotopic (exact) mass is 310 g/mol. The largest absolute Gasteiger partial charge is 0.444 e. The standard InChI is InChI=1S/C14H25F3N2O2/c1-9(8-14(15,16)17)18-10-5-6-11(7-10)19-12(20)21-13(2,3)4/h9-11,18H,5-8H2,1-4H3,(H,19,20). The molecule has 0 aromatic heterocycles. The van der Waals surface area contributed by atoms with E-state index in [0.29, 0.717) is 6.42 Å². The Morgan fingerprint density at radius 3 is 2.33 bits per heavy atom. The van der Waals surface area contributed by atoms with Gasteiger partial charge in [0.2, 0.25) is 0 Å². The third kappa shape index (κ3) is 8.14. The van der Waals surface area contributed by atoms with Crippen molar-refractivity contribution in [1.29, 1.82) is 0 Å². The molecule has 0 spiro atoms. The Balaban J connectivity index is 2.31. The number of ether oxygens (including phenoxy) is 1. The van der Waals surface area contributed by atoms with Crippen LogP contribution >= 0.6 is 0 Å². The second-order valence-electron chi connectivity index (χ2n) is 6.74. The number of halogens is 3. The van der Waals surface area contributed by atoms with Crippen molar-refractivity contribution in [3.63, 3.8) is 0 Å². The summed E-state index contributed by atoms with van der Waals surface area (Å²) in [5.74, 6) is 0. The Labute approximate surface area is 123 Å². The lowest BCUT2D eigenvalue weighted by molar-refractivity contribution is -0.139. The SMILES string of the molecule is CC(CC(F)(F)F)NC1CCC(NC(=O)OC(C)(C)C)C1. The molecule has 3 unspecified atom stereocenters. The van der Waals surface area contributed by atoms with E-state index in [4.69, 9.17) is 4.74 Å². The Bertz CT molecular complexity index is 353. The molecule has 4 nitrogen and oxygen atoms in total. The molecule has 0 heterocycles. The lowest BCUT2D eigenvalue weighted by Gasteiger charge is -2.22. The van der Waals surface area contributed by atoms with Crippen LogP contribution in [-0.4, -0.2) is 36.0 Å². The van der Waals surface area contributed by atoms with Crippen molar-refractivity contribution in [2.24, 2.45) is 0 Å². The van der Waals surface area contributed by atoms with Gasteiger partial charge in [-0.1, -0.05) is 0 Å². The minimum absolute atomic E-state index is 0.00212. The molecule has 0 aliphatic heterocycles. The average Bonchev–Trinajstić information content (AvgIpc) is 2.58. The summed E-state index contributed by atoms with van der Waals surface area (Å²) in [6.07, 6.45) is -3.34. The van der Waals surface area contributed by atoms with Gasteiger partial charge in [-0.2, -0.15) is 13.2 Å². The maximum Gasteiger partial charge on any atom is 0.407 e. The van der Waals surface area contributed by atoms with Crippen LogP contribution in [0.1, 0.15) is 53.4 Å². The first-order chi connectivity index (χ1) is 9.44. The molecular weight excluding hydrogens is 285 g/mol. The Kier molecular flexibility index (Phi) is 5.90. The van der Waals surface area contributed by atoms with Gasteiger partial charge in [0, 0.05) is 18.1 Å². The molecule has 3 atom stereocenters. The zero-order valence-electron chi connectivity index (χ0n) is 13.0. The third-order valence-electron chi connectivity index (χ3n) is 3.21. The van der Waals surface area contributed by atoms with E-state index in [-0.39, 0.29) is 12.1 Å². The van der Waals surface area contributed by atoms with Crippen LogP contribution in [0.2, 0.25) is 0 Å². The molecule has 1 fully saturated rings. The fourth-order valence-corrected chi connectivity index (χ4v) is 2.55. The summed E-state index contributed by atoms with van der Waals surface area (Å²) in [6, 6.07) is -0.659. The van der Waals surface area contributed by atoms with Crippen molar-refractivity contribution >= 4 is 6.09 Å². The van der Waals surface area contributed by atoms with E-state index in [9.17, 15) is 18.0 Å². The van der Waals surface area contributed by atoms with E-state index < -0.39 is 30.3 Å². The van der Waals surface area contributed by atoms with E-state index in [1.54, 1.807) is 20.8 Å². The summed E-state index contributed by atoms with van der Waals surface area (Å²) in [5.41, 5.74) is -0.554. The van der Waals surface area contributed by atoms with Gasteiger partial charge in [-0.3, -0.25) is 0 Å². The molecule has 2 N–H and O–H groups in total. The summed E-state index contributed by atoms with van der Waals surface area (Å²) >= 11 is 0. The number of alkyl halides is 3. The predicted octanol–water partition coefficient (Wildman–Crippen LogP) is 3.36. The molecule has 0 aromatic rings. The van der Waals surface area contributed by atoms with Gasteiger partial charge in [-0.25, -0.2) is 4.79 Å². The zero-order chi connectivity index (χ0) is 16.3. The van der Waals surface area contributed by atoms with E-state index in [2.05, 4.69) is 10.6 Å². The van der Waals surface area contributed by atoms with Crippen molar-refractivity contribution in [2.75, 3.05) is 0 Å². The molecule has 7 heteroatoms. The van der Waals surface area contributed by atoms with Gasteiger partial charge in [0.1, 0.15) is 5.60 Å². The number of rotatable bonds is 4. The number of nitrogens with one attached hydrogen (secondary N) is 2. The first kappa shape index (κ1) is 18.1. The summed E-state index contributed by atoms with van der Waals surface area (Å²) < 4.78 is 42.0. The highest BCUT2D eigenvalue weighted by molar-refractivity contribution is 5.68. The predicted molar refractivity (Wildman–Crippen MR) is 74.1 cm³/mol. The van der Waals surface area contributed by atoms with E-state index in [1.165, 1.54) is 6.92 Å². The molecule has 21 heavy (non-hydrogen) atoms. The fourth-order valence-electron chi connectivity index (χ4n) is 2.55. The number of alkyl carbamates (subject to hydrolysis) is 1. The van der Waals surface area contributed by atoms with Gasteiger partial charge in [0.25, 0.3) is 0 Å². The number of hydrogen-bond acceptors (Lipinski definition) is 3. The van der Waals surface area contributed by atoms with Crippen LogP contribution in [0.5, 0.6) is 0 Å². The normalized spacial score (nSPS) is 24.7. The molecule has 0 radical (unpaired) electrons. The van der Waals surface area contributed by atoms with Crippen molar-refractivity contribution in [3.8, 4) is 0 Å². The molecule has 1 amide bonds. The minimum atomic E-state index is -4.15. The van der Waals surface area contributed by atoms with E-state index in [1.807, 2.05) is 0 Å². The quantitative estimate of drug-likeness (QED) is 0.837. The van der Waals surface area contributed by atoms with Gasteiger partial charge < -0.3 is 15.4 Å². The zero-order valence-corrected chi connectivity index (χ0v) is 13.0. The molecule has 0 saturated heterocycles. The Hall–Kier alpha value is -0.980. The highest BCUT2D eigenvalue weighted by Crippen LogP contribution is 2.24. The summed E-state index contributed by atoms with van der Waals surface area (Å²) in [6.45, 7) is 6.88. The second-order valence-corrected chi connectivity index (χ2v) is 6.74. The Morgan fingerprint density at radius 1 is 1.24 bits per heavy atom. The minimum Gasteiger partial charge on any atom is -0.444 e. The van der Waals surface area contributed by atoms with Gasteiger partial charge in [0.05, 0.1) is 6.42 Å². The van der Waals surface area contributed by atoms with Gasteiger partial charge in [-0.15, -0.1) is 0 Å². The first-order valence-electron chi connectivity index (χ1n) is 7.27. The number of carbonyl (C=O) groups is 1. The highest BCUT2D eigenvalue weighted by atomic mass is 19.4. The molecular formula is C14H25F3N2O2. The molecule has 0 bridgehead atoms. The van der Waals surface area contributed by atoms with E-state index >= 15 is 0 Å². The Morgan fingerprint density at radius 2 is 1.81 bits per heavy atom. The maximum absolute atomic E-state index is 12.3. The topological polar surface area (TPSA) is 50.4 Å². The summed E-state index contributed by atoms with van der Waals surface area (Å²) in [7, 11) is 0. The third-order valence-corrected chi connectivity index (χ3v) is 3.21. The molecule has 1 aliphatic rings. The number of amides is 1. The number of carbonyl (C=O) groups excluding carboxylic acids is 1. The van der Waals surface area contributed by atoms with E-state index in [0.717, 1.165) is 12.8 Å². The van der Waals surface area contributed by atoms with Gasteiger partial charge >= 0.3 is 12.3 Å². The van der Waals surface area contributed by atoms with Crippen LogP contribution in [0.4, 0.5) is 18.0 Å². The average molecular weight is 310 g/mol. The second kappa shape index (κ2) is 6.85. The van der Waals surface area contributed by atoms with Crippen molar-refractivity contribution in [3.05, 3.63) is 0 Å². The lowest BCUT2D eigenvalue weighted by Crippen LogP contribution is -2.41. The molecule has 1 saturated carbocycles. The van der Waals surface area contributed by atoms with Gasteiger partial charge in [0.15, 0.2) is 0 Å². The van der Waals surface area contributed by atoms with Crippen molar-refractivity contribution < 1.29 is 22.7 Å². The summed E-state index contributed by atoms with van der Waals surface area (Å²) in [4.78, 5) is 11.6. The first-order valence-corrected chi connectivity index (χ1v) is 7.27. The number of hydrogen-bond donors (Lipinski definition) is 2. The smallest absolute Gasteiger partial charge is 0.407 e. The molecule has 1 rings (SSSR count). The van der Waals surface area contributed by atoms with Crippen LogP contribution in [-0.2, 0) is 4.74 Å². The fraction of sp³-hybridized carbons (Fsp3) is 0.929. The highest BCUT2D eigenvalue weighted by Gasteiger charge is 2.33. The molecule has 0 aromatic carbocycles. The van der Waals surface area contributed by atoms with Gasteiger partial charge in [-0.05, 0) is 47.0 Å². The van der Waals surface area contributed by atoms with Crippen molar-refractivity contribution in [1.82, 2.24) is 10.6 Å².